The van der Waals surface area contributed by atoms with Gasteiger partial charge in [0, 0.05) is 25.6 Å². The topological polar surface area (TPSA) is 50.8 Å². The molecule has 3 atom stereocenters. The van der Waals surface area contributed by atoms with Gasteiger partial charge in [0.05, 0.1) is 0 Å². The number of carbonyl (C=O) groups is 1. The van der Waals surface area contributed by atoms with Gasteiger partial charge in [-0.05, 0) is 52.2 Å². The Morgan fingerprint density at radius 2 is 1.62 bits per heavy atom. The zero-order valence-corrected chi connectivity index (χ0v) is 20.3. The van der Waals surface area contributed by atoms with Crippen LogP contribution < -0.4 is 5.32 Å². The summed E-state index contributed by atoms with van der Waals surface area (Å²) in [5, 5.41) is 3.61. The molecule has 5 nitrogen and oxygen atoms in total. The number of nitrogens with zero attached hydrogens (tertiary/aromatic N) is 1. The number of hydrogen-bond donors (Lipinski definition) is 1. The van der Waals surface area contributed by atoms with Crippen LogP contribution in [-0.2, 0) is 9.16 Å². The molecule has 0 aromatic rings. The lowest BCUT2D eigenvalue weighted by molar-refractivity contribution is -0.0343. The molecule has 0 saturated heterocycles. The first-order valence-electron chi connectivity index (χ1n) is 9.89. The Hall–Kier alpha value is -0.593. The minimum atomic E-state index is -2.04. The summed E-state index contributed by atoms with van der Waals surface area (Å²) in [6, 6.07) is 0.442. The van der Waals surface area contributed by atoms with Crippen LogP contribution in [0.1, 0.15) is 68.7 Å². The van der Waals surface area contributed by atoms with E-state index < -0.39 is 13.9 Å². The Morgan fingerprint density at radius 1 is 1.12 bits per heavy atom. The van der Waals surface area contributed by atoms with Gasteiger partial charge in [-0.1, -0.05) is 34.6 Å². The van der Waals surface area contributed by atoms with E-state index in [2.05, 4.69) is 60.0 Å². The van der Waals surface area contributed by atoms with Crippen molar-refractivity contribution in [3.63, 3.8) is 0 Å². The molecule has 1 N–H and O–H groups in total. The molecule has 0 spiro atoms. The highest BCUT2D eigenvalue weighted by Gasteiger charge is 2.42. The fourth-order valence-corrected chi connectivity index (χ4v) is 3.47. The minimum absolute atomic E-state index is 0.0733. The van der Waals surface area contributed by atoms with E-state index in [9.17, 15) is 4.79 Å². The summed E-state index contributed by atoms with van der Waals surface area (Å²) in [5.74, 6) is 0.149. The lowest BCUT2D eigenvalue weighted by Crippen LogP contribution is -2.54. The monoisotopic (exact) mass is 388 g/mol. The van der Waals surface area contributed by atoms with Gasteiger partial charge in [-0.25, -0.2) is 4.79 Å². The molecule has 0 aromatic heterocycles. The molecule has 0 fully saturated rings. The molecule has 0 aliphatic heterocycles. The molecule has 0 aromatic carbocycles. The average molecular weight is 389 g/mol. The number of ether oxygens (including phenoxy) is 1. The van der Waals surface area contributed by atoms with Gasteiger partial charge in [0.2, 0.25) is 0 Å². The highest BCUT2D eigenvalue weighted by atomic mass is 28.4. The lowest BCUT2D eigenvalue weighted by atomic mass is 10.1. The number of carbonyl (C=O) groups excluding carboxylic acids is 1. The van der Waals surface area contributed by atoms with Crippen molar-refractivity contribution in [2.75, 3.05) is 13.6 Å². The van der Waals surface area contributed by atoms with E-state index in [1.165, 1.54) is 0 Å². The zero-order chi connectivity index (χ0) is 20.9. The van der Waals surface area contributed by atoms with Crippen molar-refractivity contribution < 1.29 is 14.0 Å². The Kier molecular flexibility index (Phi) is 9.34. The van der Waals surface area contributed by atoms with Crippen molar-refractivity contribution in [3.05, 3.63) is 0 Å². The Bertz CT molecular complexity index is 441. The summed E-state index contributed by atoms with van der Waals surface area (Å²) < 4.78 is 12.2. The van der Waals surface area contributed by atoms with Gasteiger partial charge in [0.1, 0.15) is 11.8 Å². The molecule has 0 aliphatic carbocycles. The van der Waals surface area contributed by atoms with E-state index in [1.54, 1.807) is 11.9 Å². The van der Waals surface area contributed by atoms with Crippen molar-refractivity contribution in [1.82, 2.24) is 10.2 Å². The van der Waals surface area contributed by atoms with Crippen LogP contribution in [0.2, 0.25) is 18.1 Å². The van der Waals surface area contributed by atoms with Crippen LogP contribution >= 0.6 is 0 Å². The van der Waals surface area contributed by atoms with Crippen molar-refractivity contribution in [2.24, 2.45) is 5.92 Å². The Morgan fingerprint density at radius 3 is 2.00 bits per heavy atom. The number of rotatable bonds is 8. The van der Waals surface area contributed by atoms with Crippen LogP contribution in [0.4, 0.5) is 4.79 Å². The van der Waals surface area contributed by atoms with Crippen molar-refractivity contribution >= 4 is 14.4 Å². The first kappa shape index (κ1) is 25.4. The molecule has 0 bridgehead atoms. The van der Waals surface area contributed by atoms with E-state index >= 15 is 0 Å². The molecule has 156 valence electrons. The van der Waals surface area contributed by atoms with E-state index in [1.807, 2.05) is 20.8 Å². The first-order valence-corrected chi connectivity index (χ1v) is 12.8. The van der Waals surface area contributed by atoms with Gasteiger partial charge < -0.3 is 14.5 Å². The van der Waals surface area contributed by atoms with Crippen LogP contribution in [0.5, 0.6) is 0 Å². The molecule has 0 radical (unpaired) electrons. The Balaban J connectivity index is 5.42. The van der Waals surface area contributed by atoms with Gasteiger partial charge in [-0.2, -0.15) is 0 Å². The molecule has 6 heteroatoms. The normalized spacial score (nSPS) is 16.8. The molecule has 0 rings (SSSR count). The molecule has 0 saturated carbocycles. The predicted molar refractivity (Wildman–Crippen MR) is 113 cm³/mol. The largest absolute Gasteiger partial charge is 0.444 e. The summed E-state index contributed by atoms with van der Waals surface area (Å²) in [5.41, 5.74) is -0.523. The quantitative estimate of drug-likeness (QED) is 0.457. The third-order valence-corrected chi connectivity index (χ3v) is 9.62. The number of amides is 1. The van der Waals surface area contributed by atoms with Crippen molar-refractivity contribution in [1.29, 1.82) is 0 Å². The molecular weight excluding hydrogens is 344 g/mol. The predicted octanol–water partition coefficient (Wildman–Crippen LogP) is 5.23. The maximum atomic E-state index is 12.7. The number of nitrogens with one attached hydrogen (secondary N) is 1. The smallest absolute Gasteiger partial charge is 0.412 e. The van der Waals surface area contributed by atoms with Crippen LogP contribution in [0.15, 0.2) is 0 Å². The third kappa shape index (κ3) is 8.40. The second-order valence-corrected chi connectivity index (χ2v) is 14.8. The first-order chi connectivity index (χ1) is 11.5. The van der Waals surface area contributed by atoms with Crippen LogP contribution in [0.3, 0.4) is 0 Å². The summed E-state index contributed by atoms with van der Waals surface area (Å²) >= 11 is 0. The summed E-state index contributed by atoms with van der Waals surface area (Å²) in [7, 11) is -0.256. The average Bonchev–Trinajstić information content (AvgIpc) is 2.46. The molecule has 3 unspecified atom stereocenters. The summed E-state index contributed by atoms with van der Waals surface area (Å²) in [6.07, 6.45) is 0.418. The second kappa shape index (κ2) is 9.56. The van der Waals surface area contributed by atoms with Gasteiger partial charge in [-0.15, -0.1) is 0 Å². The number of hydrogen-bond acceptors (Lipinski definition) is 4. The Labute approximate surface area is 163 Å². The SMILES string of the molecule is CCC(C)NCC(C)C(O[Si](C)(C)C(C)(C)C)N(C)C(=O)OC(C)(C)C. The summed E-state index contributed by atoms with van der Waals surface area (Å²) in [4.78, 5) is 14.3. The minimum Gasteiger partial charge on any atom is -0.444 e. The van der Waals surface area contributed by atoms with Gasteiger partial charge in [0.25, 0.3) is 0 Å². The highest BCUT2D eigenvalue weighted by Crippen LogP contribution is 2.38. The molecule has 0 heterocycles. The fourth-order valence-electron chi connectivity index (χ4n) is 2.13. The van der Waals surface area contributed by atoms with E-state index in [-0.39, 0.29) is 23.3 Å². The van der Waals surface area contributed by atoms with Crippen LogP contribution in [0, 0.1) is 5.92 Å². The van der Waals surface area contributed by atoms with Crippen molar-refractivity contribution in [3.8, 4) is 0 Å². The second-order valence-electron chi connectivity index (χ2n) is 10.1. The maximum absolute atomic E-state index is 12.7. The third-order valence-electron chi connectivity index (χ3n) is 5.17. The fraction of sp³-hybridized carbons (Fsp3) is 0.950. The van der Waals surface area contributed by atoms with Gasteiger partial charge in [-0.3, -0.25) is 4.90 Å². The van der Waals surface area contributed by atoms with Gasteiger partial charge >= 0.3 is 6.09 Å². The summed E-state index contributed by atoms with van der Waals surface area (Å²) in [6.45, 7) is 24.0. The molecule has 0 aliphatic rings. The zero-order valence-electron chi connectivity index (χ0n) is 19.3. The van der Waals surface area contributed by atoms with E-state index in [0.717, 1.165) is 13.0 Å². The maximum Gasteiger partial charge on any atom is 0.412 e. The molecule has 26 heavy (non-hydrogen) atoms. The lowest BCUT2D eigenvalue weighted by Gasteiger charge is -2.44. The standard InChI is InChI=1S/C20H44N2O3Si/c1-13-16(3)21-14-15(2)17(25-26(11,12)20(7,8)9)22(10)18(23)24-19(4,5)6/h15-17,21H,13-14H2,1-12H3. The van der Waals surface area contributed by atoms with E-state index in [4.69, 9.17) is 9.16 Å². The van der Waals surface area contributed by atoms with Crippen molar-refractivity contribution in [2.45, 2.75) is 105 Å². The van der Waals surface area contributed by atoms with Gasteiger partial charge in [0.15, 0.2) is 8.32 Å². The van der Waals surface area contributed by atoms with Crippen LogP contribution in [-0.4, -0.2) is 50.8 Å². The van der Waals surface area contributed by atoms with E-state index in [0.29, 0.717) is 6.04 Å². The highest BCUT2D eigenvalue weighted by molar-refractivity contribution is 6.74. The molecular formula is C20H44N2O3Si. The molecule has 1 amide bonds. The van der Waals surface area contributed by atoms with Crippen LogP contribution in [0.25, 0.3) is 0 Å².